The summed E-state index contributed by atoms with van der Waals surface area (Å²) >= 11 is 4.97. The van der Waals surface area contributed by atoms with Crippen LogP contribution in [0.4, 0.5) is 0 Å². The quantitative estimate of drug-likeness (QED) is 0.824. The van der Waals surface area contributed by atoms with Gasteiger partial charge in [-0.3, -0.25) is 4.79 Å². The Labute approximate surface area is 127 Å². The standard InChI is InChI=1S/C12H19BrN2OS.ClH/c1-3-12(14,4-2)8-15-11(16)7-9-5-6-10(13)17-9;/h5-6H,3-4,7-8,14H2,1-2H3,(H,15,16);1H. The maximum absolute atomic E-state index is 11.7. The summed E-state index contributed by atoms with van der Waals surface area (Å²) in [6.45, 7) is 4.64. The highest BCUT2D eigenvalue weighted by molar-refractivity contribution is 9.11. The van der Waals surface area contributed by atoms with E-state index in [1.165, 1.54) is 0 Å². The summed E-state index contributed by atoms with van der Waals surface area (Å²) in [5.41, 5.74) is 5.85. The van der Waals surface area contributed by atoms with Crippen molar-refractivity contribution in [2.75, 3.05) is 6.54 Å². The van der Waals surface area contributed by atoms with E-state index in [0.29, 0.717) is 13.0 Å². The average molecular weight is 356 g/mol. The van der Waals surface area contributed by atoms with Crippen molar-refractivity contribution in [3.63, 3.8) is 0 Å². The summed E-state index contributed by atoms with van der Waals surface area (Å²) in [7, 11) is 0. The molecule has 0 saturated heterocycles. The van der Waals surface area contributed by atoms with Crippen LogP contribution in [0.3, 0.4) is 0 Å². The molecule has 0 fully saturated rings. The molecule has 104 valence electrons. The predicted octanol–water partition coefficient (Wildman–Crippen LogP) is 3.11. The maximum Gasteiger partial charge on any atom is 0.225 e. The Morgan fingerprint density at radius 2 is 2.06 bits per heavy atom. The predicted molar refractivity (Wildman–Crippen MR) is 83.5 cm³/mol. The molecule has 0 saturated carbocycles. The van der Waals surface area contributed by atoms with Crippen molar-refractivity contribution in [2.45, 2.75) is 38.6 Å². The van der Waals surface area contributed by atoms with Gasteiger partial charge in [0, 0.05) is 17.0 Å². The molecule has 0 atom stereocenters. The van der Waals surface area contributed by atoms with Gasteiger partial charge in [0.05, 0.1) is 10.2 Å². The van der Waals surface area contributed by atoms with Crippen LogP contribution in [0.2, 0.25) is 0 Å². The largest absolute Gasteiger partial charge is 0.354 e. The van der Waals surface area contributed by atoms with Gasteiger partial charge in [-0.2, -0.15) is 0 Å². The third-order valence-electron chi connectivity index (χ3n) is 3.01. The number of carbonyl (C=O) groups is 1. The number of nitrogens with one attached hydrogen (secondary N) is 1. The third kappa shape index (κ3) is 5.69. The van der Waals surface area contributed by atoms with Crippen LogP contribution >= 0.6 is 39.7 Å². The van der Waals surface area contributed by atoms with Crippen molar-refractivity contribution >= 4 is 45.6 Å². The van der Waals surface area contributed by atoms with Crippen LogP contribution in [0, 0.1) is 0 Å². The zero-order valence-corrected chi connectivity index (χ0v) is 13.9. The van der Waals surface area contributed by atoms with Gasteiger partial charge in [0.1, 0.15) is 0 Å². The van der Waals surface area contributed by atoms with Gasteiger partial charge in [-0.25, -0.2) is 0 Å². The van der Waals surface area contributed by atoms with Crippen LogP contribution < -0.4 is 11.1 Å². The first-order valence-electron chi connectivity index (χ1n) is 5.79. The van der Waals surface area contributed by atoms with Gasteiger partial charge in [-0.1, -0.05) is 13.8 Å². The number of rotatable bonds is 6. The lowest BCUT2D eigenvalue weighted by Gasteiger charge is -2.26. The minimum absolute atomic E-state index is 0. The number of hydrogen-bond acceptors (Lipinski definition) is 3. The van der Waals surface area contributed by atoms with E-state index in [9.17, 15) is 4.79 Å². The van der Waals surface area contributed by atoms with Crippen molar-refractivity contribution in [2.24, 2.45) is 5.73 Å². The van der Waals surface area contributed by atoms with Gasteiger partial charge in [-0.15, -0.1) is 23.7 Å². The van der Waals surface area contributed by atoms with Crippen LogP contribution in [-0.4, -0.2) is 18.0 Å². The molecule has 0 unspecified atom stereocenters. The van der Waals surface area contributed by atoms with Gasteiger partial charge >= 0.3 is 0 Å². The molecular weight excluding hydrogens is 336 g/mol. The summed E-state index contributed by atoms with van der Waals surface area (Å²) in [4.78, 5) is 12.8. The van der Waals surface area contributed by atoms with Crippen molar-refractivity contribution in [3.8, 4) is 0 Å². The number of nitrogens with two attached hydrogens (primary N) is 1. The van der Waals surface area contributed by atoms with Crippen LogP contribution in [0.15, 0.2) is 15.9 Å². The highest BCUT2D eigenvalue weighted by atomic mass is 79.9. The minimum atomic E-state index is -0.272. The van der Waals surface area contributed by atoms with Crippen LogP contribution in [0.25, 0.3) is 0 Å². The SMILES string of the molecule is CCC(N)(CC)CNC(=O)Cc1ccc(Br)s1.Cl. The first-order chi connectivity index (χ1) is 7.99. The second-order valence-electron chi connectivity index (χ2n) is 4.23. The molecule has 0 aliphatic heterocycles. The smallest absolute Gasteiger partial charge is 0.225 e. The van der Waals surface area contributed by atoms with Gasteiger partial charge in [0.15, 0.2) is 0 Å². The van der Waals surface area contributed by atoms with Crippen molar-refractivity contribution in [1.29, 1.82) is 0 Å². The molecule has 0 bridgehead atoms. The Kier molecular flexibility index (Phi) is 8.10. The molecule has 1 amide bonds. The Morgan fingerprint density at radius 1 is 1.44 bits per heavy atom. The summed E-state index contributed by atoms with van der Waals surface area (Å²) in [6, 6.07) is 3.92. The zero-order chi connectivity index (χ0) is 12.9. The lowest BCUT2D eigenvalue weighted by atomic mass is 9.94. The first kappa shape index (κ1) is 17.9. The molecule has 0 spiro atoms. The molecule has 1 heterocycles. The fraction of sp³-hybridized carbons (Fsp3) is 0.583. The van der Waals surface area contributed by atoms with E-state index >= 15 is 0 Å². The normalized spacial score (nSPS) is 10.9. The lowest BCUT2D eigenvalue weighted by Crippen LogP contribution is -2.49. The topological polar surface area (TPSA) is 55.1 Å². The summed E-state index contributed by atoms with van der Waals surface area (Å²) in [5, 5.41) is 2.91. The van der Waals surface area contributed by atoms with Crippen LogP contribution in [0.1, 0.15) is 31.6 Å². The van der Waals surface area contributed by atoms with Gasteiger partial charge in [0.2, 0.25) is 5.91 Å². The molecule has 3 nitrogen and oxygen atoms in total. The Balaban J connectivity index is 0.00000289. The van der Waals surface area contributed by atoms with Gasteiger partial charge in [0.25, 0.3) is 0 Å². The molecule has 0 aliphatic rings. The summed E-state index contributed by atoms with van der Waals surface area (Å²) < 4.78 is 1.05. The third-order valence-corrected chi connectivity index (χ3v) is 4.63. The second-order valence-corrected chi connectivity index (χ2v) is 6.78. The minimum Gasteiger partial charge on any atom is -0.354 e. The average Bonchev–Trinajstić information content (AvgIpc) is 2.72. The van der Waals surface area contributed by atoms with Crippen molar-refractivity contribution in [1.82, 2.24) is 5.32 Å². The summed E-state index contributed by atoms with van der Waals surface area (Å²) in [6.07, 6.45) is 2.17. The Morgan fingerprint density at radius 3 is 2.50 bits per heavy atom. The Hall–Kier alpha value is -0.100. The van der Waals surface area contributed by atoms with Gasteiger partial charge < -0.3 is 11.1 Å². The molecule has 6 heteroatoms. The molecule has 0 aliphatic carbocycles. The maximum atomic E-state index is 11.7. The molecule has 3 N–H and O–H groups in total. The number of halogens is 2. The lowest BCUT2D eigenvalue weighted by molar-refractivity contribution is -0.120. The Bertz CT molecular complexity index is 380. The number of thiophene rings is 1. The molecule has 0 radical (unpaired) electrons. The molecule has 1 aromatic rings. The van der Waals surface area contributed by atoms with Crippen LogP contribution in [-0.2, 0) is 11.2 Å². The molecule has 18 heavy (non-hydrogen) atoms. The van der Waals surface area contributed by atoms with E-state index in [1.807, 2.05) is 26.0 Å². The molecule has 1 aromatic heterocycles. The van der Waals surface area contributed by atoms with E-state index < -0.39 is 0 Å². The van der Waals surface area contributed by atoms with E-state index in [1.54, 1.807) is 11.3 Å². The van der Waals surface area contributed by atoms with E-state index in [2.05, 4.69) is 21.2 Å². The highest BCUT2D eigenvalue weighted by Gasteiger charge is 2.20. The second kappa shape index (κ2) is 8.15. The number of carbonyl (C=O) groups excluding carboxylic acids is 1. The summed E-state index contributed by atoms with van der Waals surface area (Å²) in [5.74, 6) is 0.0380. The molecule has 0 aromatic carbocycles. The molecular formula is C12H20BrClN2OS. The first-order valence-corrected chi connectivity index (χ1v) is 7.40. The van der Waals surface area contributed by atoms with Crippen LogP contribution in [0.5, 0.6) is 0 Å². The van der Waals surface area contributed by atoms with E-state index in [-0.39, 0.29) is 23.9 Å². The monoisotopic (exact) mass is 354 g/mol. The molecule has 1 rings (SSSR count). The van der Waals surface area contributed by atoms with E-state index in [4.69, 9.17) is 5.73 Å². The van der Waals surface area contributed by atoms with Gasteiger partial charge in [-0.05, 0) is 40.9 Å². The number of amides is 1. The number of hydrogen-bond donors (Lipinski definition) is 2. The fourth-order valence-corrected chi connectivity index (χ4v) is 2.92. The van der Waals surface area contributed by atoms with Crippen molar-refractivity contribution in [3.05, 3.63) is 20.8 Å². The fourth-order valence-electron chi connectivity index (χ4n) is 1.44. The zero-order valence-electron chi connectivity index (χ0n) is 10.7. The van der Waals surface area contributed by atoms with E-state index in [0.717, 1.165) is 21.5 Å². The highest BCUT2D eigenvalue weighted by Crippen LogP contribution is 2.22. The van der Waals surface area contributed by atoms with Crippen molar-refractivity contribution < 1.29 is 4.79 Å².